The van der Waals surface area contributed by atoms with Crippen molar-refractivity contribution in [3.8, 4) is 0 Å². The molecule has 2 aromatic rings. The van der Waals surface area contributed by atoms with Crippen LogP contribution in [0.25, 0.3) is 0 Å². The smallest absolute Gasteiger partial charge is 0.243 e. The highest BCUT2D eigenvalue weighted by Gasteiger charge is 2.32. The van der Waals surface area contributed by atoms with E-state index in [1.165, 1.54) is 34.6 Å². The van der Waals surface area contributed by atoms with Gasteiger partial charge in [0.2, 0.25) is 15.9 Å². The van der Waals surface area contributed by atoms with Crippen LogP contribution in [0.4, 0.5) is 8.78 Å². The molecule has 0 bridgehead atoms. The average molecular weight is 442 g/mol. The molecule has 2 aromatic carbocycles. The van der Waals surface area contributed by atoms with E-state index in [4.69, 9.17) is 11.6 Å². The van der Waals surface area contributed by atoms with Crippen molar-refractivity contribution in [3.63, 3.8) is 0 Å². The molecule has 1 aliphatic rings. The number of piperidine rings is 1. The molecule has 1 heterocycles. The molecule has 1 fully saturated rings. The molecule has 1 saturated heterocycles. The van der Waals surface area contributed by atoms with E-state index in [-0.39, 0.29) is 34.5 Å². The van der Waals surface area contributed by atoms with Crippen LogP contribution >= 0.6 is 11.6 Å². The zero-order valence-corrected chi connectivity index (χ0v) is 16.8. The highest BCUT2D eigenvalue weighted by molar-refractivity contribution is 7.89. The third kappa shape index (κ3) is 4.98. The molecule has 0 atom stereocenters. The van der Waals surface area contributed by atoms with Crippen LogP contribution in [0.15, 0.2) is 52.5 Å². The van der Waals surface area contributed by atoms with Crippen LogP contribution in [0.1, 0.15) is 18.4 Å². The summed E-state index contributed by atoms with van der Waals surface area (Å²) < 4.78 is 53.2. The normalized spacial score (nSPS) is 16.2. The maximum absolute atomic E-state index is 13.7. The van der Waals surface area contributed by atoms with Gasteiger partial charge >= 0.3 is 0 Å². The molecule has 0 spiro atoms. The zero-order chi connectivity index (χ0) is 21.0. The maximum atomic E-state index is 13.7. The number of carbonyl (C=O) groups excluding carboxylic acids is 1. The van der Waals surface area contributed by atoms with Gasteiger partial charge in [0, 0.05) is 24.6 Å². The third-order valence-corrected chi connectivity index (χ3v) is 6.89. The monoisotopic (exact) mass is 441 g/mol. The Morgan fingerprint density at radius 2 is 1.79 bits per heavy atom. The highest BCUT2D eigenvalue weighted by atomic mass is 35.5. The first kappa shape index (κ1) is 21.4. The molecule has 1 amide bonds. The minimum Gasteiger partial charge on any atom is -0.273 e. The molecule has 0 aromatic heterocycles. The molecule has 1 aliphatic heterocycles. The molecule has 154 valence electrons. The molecule has 0 unspecified atom stereocenters. The van der Waals surface area contributed by atoms with Gasteiger partial charge in [0.25, 0.3) is 0 Å². The van der Waals surface area contributed by atoms with Crippen LogP contribution in [-0.4, -0.2) is 37.9 Å². The molecule has 10 heteroatoms. The summed E-state index contributed by atoms with van der Waals surface area (Å²) in [5.41, 5.74) is 2.41. The Morgan fingerprint density at radius 3 is 2.41 bits per heavy atom. The van der Waals surface area contributed by atoms with Crippen molar-refractivity contribution in [1.82, 2.24) is 9.73 Å². The molecule has 0 aliphatic carbocycles. The number of rotatable bonds is 5. The summed E-state index contributed by atoms with van der Waals surface area (Å²) in [6.07, 6.45) is 1.74. The van der Waals surface area contributed by atoms with E-state index >= 15 is 0 Å². The van der Waals surface area contributed by atoms with Crippen molar-refractivity contribution in [2.45, 2.75) is 17.7 Å². The van der Waals surface area contributed by atoms with Gasteiger partial charge in [-0.05, 0) is 49.2 Å². The number of benzene rings is 2. The van der Waals surface area contributed by atoms with Crippen LogP contribution in [0.3, 0.4) is 0 Å². The molecule has 29 heavy (non-hydrogen) atoms. The standard InChI is InChI=1S/C19H18ClF2N3O3S/c20-17-2-1-3-18(22)16(17)12-23-24-19(26)13-8-10-25(11-9-13)29(27,28)15-6-4-14(21)5-7-15/h1-7,12-13H,8-11H2,(H,24,26)/b23-12-. The summed E-state index contributed by atoms with van der Waals surface area (Å²) in [7, 11) is -3.74. The van der Waals surface area contributed by atoms with E-state index < -0.39 is 27.6 Å². The van der Waals surface area contributed by atoms with Gasteiger partial charge < -0.3 is 0 Å². The van der Waals surface area contributed by atoms with Crippen LogP contribution in [0.5, 0.6) is 0 Å². The van der Waals surface area contributed by atoms with E-state index in [0.717, 1.165) is 18.3 Å². The van der Waals surface area contributed by atoms with Crippen molar-refractivity contribution >= 4 is 33.7 Å². The summed E-state index contributed by atoms with van der Waals surface area (Å²) in [5.74, 6) is -1.89. The lowest BCUT2D eigenvalue weighted by atomic mass is 9.98. The summed E-state index contributed by atoms with van der Waals surface area (Å²) in [6.45, 7) is 0.307. The minimum atomic E-state index is -3.74. The summed E-state index contributed by atoms with van der Waals surface area (Å²) in [4.78, 5) is 12.3. The molecule has 0 saturated carbocycles. The van der Waals surface area contributed by atoms with Gasteiger partial charge in [-0.1, -0.05) is 17.7 Å². The second-order valence-corrected chi connectivity index (χ2v) is 8.85. The number of amides is 1. The lowest BCUT2D eigenvalue weighted by molar-refractivity contribution is -0.126. The lowest BCUT2D eigenvalue weighted by Crippen LogP contribution is -2.42. The fraction of sp³-hybridized carbons (Fsp3) is 0.263. The van der Waals surface area contributed by atoms with Crippen molar-refractivity contribution < 1.29 is 22.0 Å². The predicted octanol–water partition coefficient (Wildman–Crippen LogP) is 3.17. The summed E-state index contributed by atoms with van der Waals surface area (Å²) >= 11 is 5.88. The number of hydrogen-bond acceptors (Lipinski definition) is 4. The molecule has 1 N–H and O–H groups in total. The predicted molar refractivity (Wildman–Crippen MR) is 105 cm³/mol. The molecule has 3 rings (SSSR count). The average Bonchev–Trinajstić information content (AvgIpc) is 2.70. The van der Waals surface area contributed by atoms with Gasteiger partial charge in [0.1, 0.15) is 11.6 Å². The first-order valence-corrected chi connectivity index (χ1v) is 10.6. The van der Waals surface area contributed by atoms with E-state index in [1.807, 2.05) is 0 Å². The Balaban J connectivity index is 1.57. The van der Waals surface area contributed by atoms with E-state index in [9.17, 15) is 22.0 Å². The molecular weight excluding hydrogens is 424 g/mol. The summed E-state index contributed by atoms with van der Waals surface area (Å²) in [6, 6.07) is 8.80. The van der Waals surface area contributed by atoms with Gasteiger partial charge in [0.05, 0.1) is 16.1 Å². The molecular formula is C19H18ClF2N3O3S. The maximum Gasteiger partial charge on any atom is 0.243 e. The van der Waals surface area contributed by atoms with E-state index in [2.05, 4.69) is 10.5 Å². The minimum absolute atomic E-state index is 0.00756. The van der Waals surface area contributed by atoms with Crippen LogP contribution in [0.2, 0.25) is 5.02 Å². The van der Waals surface area contributed by atoms with Gasteiger partial charge in [-0.15, -0.1) is 0 Å². The lowest BCUT2D eigenvalue weighted by Gasteiger charge is -2.30. The Kier molecular flexibility index (Phi) is 6.61. The van der Waals surface area contributed by atoms with E-state index in [1.54, 1.807) is 0 Å². The number of halogens is 3. The second kappa shape index (κ2) is 8.98. The Bertz CT molecular complexity index is 1000. The fourth-order valence-electron chi connectivity index (χ4n) is 3.00. The molecule has 6 nitrogen and oxygen atoms in total. The van der Waals surface area contributed by atoms with Crippen molar-refractivity contribution in [2.24, 2.45) is 11.0 Å². The first-order valence-electron chi connectivity index (χ1n) is 8.81. The topological polar surface area (TPSA) is 78.8 Å². The zero-order valence-electron chi connectivity index (χ0n) is 15.2. The van der Waals surface area contributed by atoms with Crippen LogP contribution < -0.4 is 5.43 Å². The quantitative estimate of drug-likeness (QED) is 0.571. The van der Waals surface area contributed by atoms with Gasteiger partial charge in [-0.3, -0.25) is 4.79 Å². The van der Waals surface area contributed by atoms with Gasteiger partial charge in [-0.2, -0.15) is 9.41 Å². The van der Waals surface area contributed by atoms with Gasteiger partial charge in [0.15, 0.2) is 0 Å². The fourth-order valence-corrected chi connectivity index (χ4v) is 4.68. The highest BCUT2D eigenvalue weighted by Crippen LogP contribution is 2.24. The Hall–Kier alpha value is -2.36. The Labute approximate surface area is 172 Å². The third-order valence-electron chi connectivity index (χ3n) is 4.64. The summed E-state index contributed by atoms with van der Waals surface area (Å²) in [5, 5.41) is 3.91. The largest absolute Gasteiger partial charge is 0.273 e. The number of carbonyl (C=O) groups is 1. The van der Waals surface area contributed by atoms with Gasteiger partial charge in [-0.25, -0.2) is 22.6 Å². The molecule has 0 radical (unpaired) electrons. The van der Waals surface area contributed by atoms with Crippen LogP contribution in [0, 0.1) is 17.6 Å². The number of nitrogens with one attached hydrogen (secondary N) is 1. The Morgan fingerprint density at radius 1 is 1.14 bits per heavy atom. The van der Waals surface area contributed by atoms with E-state index in [0.29, 0.717) is 12.8 Å². The first-order chi connectivity index (χ1) is 13.8. The SMILES string of the molecule is O=C(N/N=C\c1c(F)cccc1Cl)C1CCN(S(=O)(=O)c2ccc(F)cc2)CC1. The number of nitrogens with zero attached hydrogens (tertiary/aromatic N) is 2. The number of sulfonamides is 1. The van der Waals surface area contributed by atoms with Crippen molar-refractivity contribution in [2.75, 3.05) is 13.1 Å². The van der Waals surface area contributed by atoms with Crippen molar-refractivity contribution in [3.05, 3.63) is 64.7 Å². The van der Waals surface area contributed by atoms with Crippen LogP contribution in [-0.2, 0) is 14.8 Å². The van der Waals surface area contributed by atoms with Crippen molar-refractivity contribution in [1.29, 1.82) is 0 Å². The number of hydrogen-bond donors (Lipinski definition) is 1. The number of hydrazone groups is 1. The second-order valence-electron chi connectivity index (χ2n) is 6.50.